The highest BCUT2D eigenvalue weighted by atomic mass is 32.2. The number of amides is 1. The first kappa shape index (κ1) is 22.9. The van der Waals surface area contributed by atoms with Crippen LogP contribution in [-0.2, 0) is 9.84 Å². The average molecular weight is 447 g/mol. The number of rotatable bonds is 7. The van der Waals surface area contributed by atoms with Crippen LogP contribution in [-0.4, -0.2) is 74.6 Å². The molecule has 1 aliphatic heterocycles. The van der Waals surface area contributed by atoms with E-state index in [1.165, 1.54) is 6.26 Å². The number of hydrogen-bond acceptors (Lipinski definition) is 5. The molecule has 1 aromatic carbocycles. The van der Waals surface area contributed by atoms with Gasteiger partial charge in [0.2, 0.25) is 0 Å². The maximum absolute atomic E-state index is 12.8. The molecule has 0 spiro atoms. The van der Waals surface area contributed by atoms with E-state index in [1.54, 1.807) is 47.4 Å². The standard InChI is InChI=1S/C22H30N4O4S/c1-3-18(17-31(28,29)19-9-6-5-7-10-19)24-22(23-4-2)26-14-12-25(13-15-26)21(27)20-11-8-16-30-20/h5-11,16,18H,3-4,12-15,17H2,1-2H3,(H,23,24). The van der Waals surface area contributed by atoms with E-state index in [1.807, 2.05) is 13.8 Å². The molecule has 1 atom stereocenters. The van der Waals surface area contributed by atoms with Crippen LogP contribution < -0.4 is 5.32 Å². The molecule has 0 aliphatic carbocycles. The maximum atomic E-state index is 12.8. The first-order valence-corrected chi connectivity index (χ1v) is 12.3. The molecular formula is C22H30N4O4S. The number of guanidine groups is 1. The number of nitrogens with zero attached hydrogens (tertiary/aromatic N) is 3. The lowest BCUT2D eigenvalue weighted by Crippen LogP contribution is -2.56. The van der Waals surface area contributed by atoms with Gasteiger partial charge in [0.15, 0.2) is 21.6 Å². The van der Waals surface area contributed by atoms with Crippen molar-refractivity contribution in [1.82, 2.24) is 15.1 Å². The zero-order chi connectivity index (χ0) is 22.3. The van der Waals surface area contributed by atoms with Crippen molar-refractivity contribution in [2.75, 3.05) is 38.5 Å². The van der Waals surface area contributed by atoms with Gasteiger partial charge in [-0.2, -0.15) is 0 Å². The minimum Gasteiger partial charge on any atom is -0.459 e. The Morgan fingerprint density at radius 3 is 2.32 bits per heavy atom. The lowest BCUT2D eigenvalue weighted by Gasteiger charge is -2.37. The number of aliphatic imine (C=N–C) groups is 1. The number of piperazine rings is 1. The molecule has 1 saturated heterocycles. The van der Waals surface area contributed by atoms with E-state index in [0.29, 0.717) is 55.8 Å². The first-order chi connectivity index (χ1) is 14.9. The third kappa shape index (κ3) is 5.88. The number of furan rings is 1. The molecule has 2 heterocycles. The summed E-state index contributed by atoms with van der Waals surface area (Å²) in [5, 5.41) is 3.35. The molecular weight excluding hydrogens is 416 g/mol. The molecule has 9 heteroatoms. The van der Waals surface area contributed by atoms with Crippen LogP contribution in [0.2, 0.25) is 0 Å². The summed E-state index contributed by atoms with van der Waals surface area (Å²) in [6, 6.07) is 11.6. The zero-order valence-corrected chi connectivity index (χ0v) is 18.8. The van der Waals surface area contributed by atoms with E-state index in [-0.39, 0.29) is 17.7 Å². The largest absolute Gasteiger partial charge is 0.459 e. The second-order valence-corrected chi connectivity index (χ2v) is 9.43. The highest BCUT2D eigenvalue weighted by Crippen LogP contribution is 2.14. The Morgan fingerprint density at radius 2 is 1.74 bits per heavy atom. The van der Waals surface area contributed by atoms with Gasteiger partial charge >= 0.3 is 0 Å². The van der Waals surface area contributed by atoms with Crippen LogP contribution in [0.5, 0.6) is 0 Å². The number of nitrogens with one attached hydrogen (secondary N) is 1. The topological polar surface area (TPSA) is 95.2 Å². The van der Waals surface area contributed by atoms with Crippen LogP contribution in [0.1, 0.15) is 30.8 Å². The van der Waals surface area contributed by atoms with E-state index < -0.39 is 9.84 Å². The van der Waals surface area contributed by atoms with Gasteiger partial charge in [0, 0.05) is 38.8 Å². The molecule has 0 radical (unpaired) electrons. The lowest BCUT2D eigenvalue weighted by atomic mass is 10.2. The van der Waals surface area contributed by atoms with Crippen molar-refractivity contribution in [3.8, 4) is 0 Å². The summed E-state index contributed by atoms with van der Waals surface area (Å²) in [5.74, 6) is 0.897. The monoisotopic (exact) mass is 446 g/mol. The molecule has 1 fully saturated rings. The fourth-order valence-corrected chi connectivity index (χ4v) is 5.11. The molecule has 31 heavy (non-hydrogen) atoms. The fraction of sp³-hybridized carbons (Fsp3) is 0.455. The van der Waals surface area contributed by atoms with E-state index >= 15 is 0 Å². The predicted molar refractivity (Wildman–Crippen MR) is 120 cm³/mol. The number of hydrogen-bond donors (Lipinski definition) is 1. The maximum Gasteiger partial charge on any atom is 0.289 e. The van der Waals surface area contributed by atoms with Gasteiger partial charge in [0.25, 0.3) is 5.91 Å². The van der Waals surface area contributed by atoms with Crippen molar-refractivity contribution in [2.24, 2.45) is 4.99 Å². The Morgan fingerprint density at radius 1 is 1.06 bits per heavy atom. The van der Waals surface area contributed by atoms with Crippen molar-refractivity contribution < 1.29 is 17.6 Å². The molecule has 0 bridgehead atoms. The lowest BCUT2D eigenvalue weighted by molar-refractivity contribution is 0.0657. The van der Waals surface area contributed by atoms with Crippen LogP contribution in [0.4, 0.5) is 0 Å². The Labute approximate surface area is 183 Å². The van der Waals surface area contributed by atoms with Crippen molar-refractivity contribution >= 4 is 21.7 Å². The number of carbonyl (C=O) groups is 1. The van der Waals surface area contributed by atoms with E-state index in [0.717, 1.165) is 0 Å². The number of carbonyl (C=O) groups excluding carboxylic acids is 1. The molecule has 1 amide bonds. The van der Waals surface area contributed by atoms with Gasteiger partial charge in [-0.3, -0.25) is 9.79 Å². The molecule has 1 unspecified atom stereocenters. The van der Waals surface area contributed by atoms with Crippen LogP contribution in [0.3, 0.4) is 0 Å². The molecule has 2 aromatic rings. The summed E-state index contributed by atoms with van der Waals surface area (Å²) in [7, 11) is -3.41. The van der Waals surface area contributed by atoms with Gasteiger partial charge < -0.3 is 19.5 Å². The SMILES string of the molecule is CCN=C(NC(CC)CS(=O)(=O)c1ccccc1)N1CCN(C(=O)c2ccco2)CC1. The molecule has 1 aromatic heterocycles. The van der Waals surface area contributed by atoms with Crippen LogP contribution >= 0.6 is 0 Å². The predicted octanol–water partition coefficient (Wildman–Crippen LogP) is 2.26. The van der Waals surface area contributed by atoms with E-state index in [9.17, 15) is 13.2 Å². The fourth-order valence-electron chi connectivity index (χ4n) is 3.50. The second kappa shape index (κ2) is 10.5. The second-order valence-electron chi connectivity index (χ2n) is 7.40. The van der Waals surface area contributed by atoms with Gasteiger partial charge in [-0.25, -0.2) is 8.42 Å². The Kier molecular flexibility index (Phi) is 7.73. The Hall–Kier alpha value is -2.81. The summed E-state index contributed by atoms with van der Waals surface area (Å²) >= 11 is 0. The van der Waals surface area contributed by atoms with Gasteiger partial charge in [-0.15, -0.1) is 0 Å². The highest BCUT2D eigenvalue weighted by molar-refractivity contribution is 7.91. The van der Waals surface area contributed by atoms with Gasteiger partial charge in [-0.05, 0) is 37.6 Å². The van der Waals surface area contributed by atoms with Crippen LogP contribution in [0, 0.1) is 0 Å². The summed E-state index contributed by atoms with van der Waals surface area (Å²) in [4.78, 5) is 21.2. The quantitative estimate of drug-likeness (QED) is 0.518. The summed E-state index contributed by atoms with van der Waals surface area (Å²) in [6.45, 7) is 6.80. The number of sulfone groups is 1. The molecule has 3 rings (SSSR count). The average Bonchev–Trinajstić information content (AvgIpc) is 3.33. The summed E-state index contributed by atoms with van der Waals surface area (Å²) < 4.78 is 30.8. The highest BCUT2D eigenvalue weighted by Gasteiger charge is 2.27. The molecule has 168 valence electrons. The van der Waals surface area contributed by atoms with Gasteiger partial charge in [0.05, 0.1) is 16.9 Å². The van der Waals surface area contributed by atoms with Crippen molar-refractivity contribution in [1.29, 1.82) is 0 Å². The van der Waals surface area contributed by atoms with Crippen molar-refractivity contribution in [3.05, 3.63) is 54.5 Å². The third-order valence-corrected chi connectivity index (χ3v) is 7.09. The summed E-state index contributed by atoms with van der Waals surface area (Å²) in [6.07, 6.45) is 2.14. The zero-order valence-electron chi connectivity index (χ0n) is 18.0. The van der Waals surface area contributed by atoms with Crippen molar-refractivity contribution in [3.63, 3.8) is 0 Å². The van der Waals surface area contributed by atoms with Crippen molar-refractivity contribution in [2.45, 2.75) is 31.2 Å². The van der Waals surface area contributed by atoms with Gasteiger partial charge in [-0.1, -0.05) is 25.1 Å². The summed E-state index contributed by atoms with van der Waals surface area (Å²) in [5.41, 5.74) is 0. The minimum absolute atomic E-state index is 0.00675. The normalized spacial score (nSPS) is 16.3. The third-order valence-electron chi connectivity index (χ3n) is 5.26. The molecule has 8 nitrogen and oxygen atoms in total. The molecule has 1 N–H and O–H groups in total. The van der Waals surface area contributed by atoms with Crippen LogP contribution in [0.25, 0.3) is 0 Å². The van der Waals surface area contributed by atoms with E-state index in [4.69, 9.17) is 4.42 Å². The molecule has 1 aliphatic rings. The minimum atomic E-state index is -3.41. The Bertz CT molecular complexity index is 966. The molecule has 0 saturated carbocycles. The first-order valence-electron chi connectivity index (χ1n) is 10.6. The van der Waals surface area contributed by atoms with Gasteiger partial charge in [0.1, 0.15) is 0 Å². The Balaban J connectivity index is 1.62. The smallest absolute Gasteiger partial charge is 0.289 e. The van der Waals surface area contributed by atoms with Crippen LogP contribution in [0.15, 0.2) is 63.0 Å². The number of benzene rings is 1. The van der Waals surface area contributed by atoms with E-state index in [2.05, 4.69) is 15.2 Å².